The van der Waals surface area contributed by atoms with E-state index in [2.05, 4.69) is 31.2 Å². The number of methoxy groups -OCH3 is 1. The number of rotatable bonds is 1. The first-order valence-corrected chi connectivity index (χ1v) is 9.08. The fourth-order valence-electron chi connectivity index (χ4n) is 6.57. The first kappa shape index (κ1) is 14.7. The van der Waals surface area contributed by atoms with E-state index in [4.69, 9.17) is 4.74 Å². The third-order valence-electron chi connectivity index (χ3n) is 7.95. The van der Waals surface area contributed by atoms with Gasteiger partial charge in [0.15, 0.2) is 5.78 Å². The maximum atomic E-state index is 12.6. The number of benzene rings is 1. The molecule has 2 bridgehead atoms. The van der Waals surface area contributed by atoms with E-state index in [0.717, 1.165) is 31.4 Å². The standard InChI is InChI=1S/C21H24O3/c1-19-8-7-16-15-5-4-14(24-2)11-13(15)3-6-17(16)20(19)9-10-21(19,23)18(22)12-20/h4-5,9-11,16-17,23H,3,6-8,12H2,1-2H3/t16?,17?,19?,20-,21-/m0/s1. The Kier molecular flexibility index (Phi) is 2.65. The summed E-state index contributed by atoms with van der Waals surface area (Å²) >= 11 is 0. The van der Waals surface area contributed by atoms with Crippen molar-refractivity contribution in [2.75, 3.05) is 7.11 Å². The van der Waals surface area contributed by atoms with Crippen LogP contribution in [0.25, 0.3) is 0 Å². The number of fused-ring (bicyclic) bond motifs is 3. The number of Topliss-reactive ketones (excluding diaryl/α,β-unsaturated/α-hetero) is 1. The molecule has 0 aliphatic heterocycles. The molecule has 24 heavy (non-hydrogen) atoms. The van der Waals surface area contributed by atoms with Gasteiger partial charge in [0.1, 0.15) is 11.4 Å². The number of carbonyl (C=O) groups excluding carboxylic acids is 1. The number of carbonyl (C=O) groups is 1. The Balaban J connectivity index is 1.62. The van der Waals surface area contributed by atoms with Gasteiger partial charge in [-0.3, -0.25) is 4.79 Å². The van der Waals surface area contributed by atoms with Gasteiger partial charge in [0.05, 0.1) is 7.11 Å². The van der Waals surface area contributed by atoms with Crippen LogP contribution in [0.5, 0.6) is 5.75 Å². The predicted molar refractivity (Wildman–Crippen MR) is 91.0 cm³/mol. The maximum absolute atomic E-state index is 12.6. The molecule has 5 rings (SSSR count). The van der Waals surface area contributed by atoms with Gasteiger partial charge in [-0.05, 0) is 66.9 Å². The number of hydrogen-bond donors (Lipinski definition) is 1. The van der Waals surface area contributed by atoms with Crippen LogP contribution < -0.4 is 4.74 Å². The highest BCUT2D eigenvalue weighted by atomic mass is 16.5. The molecule has 4 aliphatic carbocycles. The highest BCUT2D eigenvalue weighted by molar-refractivity contribution is 5.96. The molecular formula is C21H24O3. The Morgan fingerprint density at radius 2 is 2.08 bits per heavy atom. The number of aliphatic hydroxyl groups is 1. The summed E-state index contributed by atoms with van der Waals surface area (Å²) in [5.41, 5.74) is 1.14. The summed E-state index contributed by atoms with van der Waals surface area (Å²) in [6.07, 6.45) is 8.64. The van der Waals surface area contributed by atoms with E-state index < -0.39 is 5.60 Å². The molecule has 0 aromatic heterocycles. The second kappa shape index (κ2) is 4.32. The lowest BCUT2D eigenvalue weighted by Gasteiger charge is -2.55. The number of ether oxygens (including phenoxy) is 1. The molecule has 0 spiro atoms. The van der Waals surface area contributed by atoms with E-state index >= 15 is 0 Å². The topological polar surface area (TPSA) is 46.5 Å². The maximum Gasteiger partial charge on any atom is 0.169 e. The van der Waals surface area contributed by atoms with E-state index in [1.807, 2.05) is 6.08 Å². The van der Waals surface area contributed by atoms with Crippen LogP contribution in [0, 0.1) is 16.7 Å². The van der Waals surface area contributed by atoms with Crippen molar-refractivity contribution in [1.29, 1.82) is 0 Å². The molecule has 126 valence electrons. The van der Waals surface area contributed by atoms with Crippen molar-refractivity contribution in [2.24, 2.45) is 16.7 Å². The van der Waals surface area contributed by atoms with Crippen molar-refractivity contribution < 1.29 is 14.6 Å². The zero-order chi connectivity index (χ0) is 16.7. The minimum atomic E-state index is -1.22. The van der Waals surface area contributed by atoms with E-state index in [1.165, 1.54) is 11.1 Å². The van der Waals surface area contributed by atoms with Crippen molar-refractivity contribution >= 4 is 5.78 Å². The summed E-state index contributed by atoms with van der Waals surface area (Å²) in [5, 5.41) is 11.1. The Morgan fingerprint density at radius 3 is 2.83 bits per heavy atom. The molecule has 0 radical (unpaired) electrons. The summed E-state index contributed by atoms with van der Waals surface area (Å²) < 4.78 is 5.39. The molecule has 3 unspecified atom stereocenters. The normalized spacial score (nSPS) is 44.9. The van der Waals surface area contributed by atoms with Crippen molar-refractivity contribution in [3.05, 3.63) is 41.5 Å². The molecule has 1 aromatic carbocycles. The van der Waals surface area contributed by atoms with Gasteiger partial charge >= 0.3 is 0 Å². The number of allylic oxidation sites excluding steroid dienone is 1. The van der Waals surface area contributed by atoms with Crippen molar-refractivity contribution in [1.82, 2.24) is 0 Å². The summed E-state index contributed by atoms with van der Waals surface area (Å²) in [6.45, 7) is 2.15. The third kappa shape index (κ3) is 1.39. The van der Waals surface area contributed by atoms with E-state index in [0.29, 0.717) is 18.3 Å². The van der Waals surface area contributed by atoms with Gasteiger partial charge in [-0.25, -0.2) is 0 Å². The summed E-state index contributed by atoms with van der Waals surface area (Å²) in [6, 6.07) is 6.47. The van der Waals surface area contributed by atoms with Crippen molar-refractivity contribution in [3.63, 3.8) is 0 Å². The largest absolute Gasteiger partial charge is 0.497 e. The second-order valence-electron chi connectivity index (χ2n) is 8.43. The van der Waals surface area contributed by atoms with Gasteiger partial charge in [-0.1, -0.05) is 19.1 Å². The SMILES string of the molecule is COc1ccc2c(c1)CCC1C2CCC2(C)[C@]13C=C[C@]2(O)C(=O)C3. The molecule has 3 heteroatoms. The Morgan fingerprint density at radius 1 is 1.25 bits per heavy atom. The van der Waals surface area contributed by atoms with Gasteiger partial charge < -0.3 is 9.84 Å². The highest BCUT2D eigenvalue weighted by Gasteiger charge is 2.74. The Bertz CT molecular complexity index is 781. The van der Waals surface area contributed by atoms with E-state index in [-0.39, 0.29) is 16.6 Å². The second-order valence-corrected chi connectivity index (χ2v) is 8.43. The van der Waals surface area contributed by atoms with E-state index in [1.54, 1.807) is 7.11 Å². The average Bonchev–Trinajstić information content (AvgIpc) is 2.93. The molecule has 1 N–H and O–H groups in total. The summed E-state index contributed by atoms with van der Waals surface area (Å²) in [5.74, 6) is 1.91. The molecule has 2 saturated carbocycles. The molecule has 3 nitrogen and oxygen atoms in total. The van der Waals surface area contributed by atoms with Crippen LogP contribution in [-0.2, 0) is 11.2 Å². The van der Waals surface area contributed by atoms with Crippen LogP contribution in [0.1, 0.15) is 49.7 Å². The lowest BCUT2D eigenvalue weighted by molar-refractivity contribution is -0.138. The number of hydrogen-bond acceptors (Lipinski definition) is 3. The van der Waals surface area contributed by atoms with Crippen LogP contribution in [0.4, 0.5) is 0 Å². The minimum Gasteiger partial charge on any atom is -0.497 e. The summed E-state index contributed by atoms with van der Waals surface area (Å²) in [4.78, 5) is 12.6. The zero-order valence-electron chi connectivity index (χ0n) is 14.3. The van der Waals surface area contributed by atoms with Gasteiger partial charge in [0.2, 0.25) is 0 Å². The number of ketones is 1. The molecule has 0 amide bonds. The molecule has 5 atom stereocenters. The van der Waals surface area contributed by atoms with Gasteiger partial charge in [0.25, 0.3) is 0 Å². The minimum absolute atomic E-state index is 0.0358. The lowest BCUT2D eigenvalue weighted by atomic mass is 9.48. The first-order chi connectivity index (χ1) is 11.5. The Hall–Kier alpha value is -1.61. The van der Waals surface area contributed by atoms with Crippen LogP contribution in [0.3, 0.4) is 0 Å². The van der Waals surface area contributed by atoms with Crippen molar-refractivity contribution in [3.8, 4) is 5.75 Å². The fourth-order valence-corrected chi connectivity index (χ4v) is 6.57. The predicted octanol–water partition coefficient (Wildman–Crippen LogP) is 3.40. The molecule has 2 fully saturated rings. The Labute approximate surface area is 142 Å². The van der Waals surface area contributed by atoms with Gasteiger partial charge in [-0.2, -0.15) is 0 Å². The van der Waals surface area contributed by atoms with Crippen LogP contribution in [0.15, 0.2) is 30.4 Å². The quantitative estimate of drug-likeness (QED) is 0.805. The van der Waals surface area contributed by atoms with Crippen LogP contribution in [0.2, 0.25) is 0 Å². The highest BCUT2D eigenvalue weighted by Crippen LogP contribution is 2.73. The summed E-state index contributed by atoms with van der Waals surface area (Å²) in [7, 11) is 1.71. The third-order valence-corrected chi connectivity index (χ3v) is 7.95. The molecule has 0 saturated heterocycles. The van der Waals surface area contributed by atoms with Gasteiger partial charge in [0, 0.05) is 17.3 Å². The molecule has 4 aliphatic rings. The molecule has 1 aromatic rings. The fraction of sp³-hybridized carbons (Fsp3) is 0.571. The number of aryl methyl sites for hydroxylation is 1. The van der Waals surface area contributed by atoms with Crippen LogP contribution >= 0.6 is 0 Å². The first-order valence-electron chi connectivity index (χ1n) is 9.08. The smallest absolute Gasteiger partial charge is 0.169 e. The average molecular weight is 324 g/mol. The molecular weight excluding hydrogens is 300 g/mol. The lowest BCUT2D eigenvalue weighted by Crippen LogP contribution is -2.53. The van der Waals surface area contributed by atoms with Crippen molar-refractivity contribution in [2.45, 2.75) is 50.5 Å². The van der Waals surface area contributed by atoms with Crippen LogP contribution in [-0.4, -0.2) is 23.6 Å². The van der Waals surface area contributed by atoms with E-state index in [9.17, 15) is 9.90 Å². The zero-order valence-corrected chi connectivity index (χ0v) is 14.3. The van der Waals surface area contributed by atoms with Gasteiger partial charge in [-0.15, -0.1) is 0 Å². The molecule has 0 heterocycles. The monoisotopic (exact) mass is 324 g/mol.